The number of aromatic nitrogens is 1. The number of amides is 1. The van der Waals surface area contributed by atoms with Crippen LogP contribution in [0.15, 0.2) is 42.6 Å². The number of rotatable bonds is 2. The largest absolute Gasteiger partial charge is 0.338 e. The third kappa shape index (κ3) is 2.56. The number of carbonyl (C=O) groups excluding carboxylic acids is 1. The molecule has 0 spiro atoms. The smallest absolute Gasteiger partial charge is 0.246 e. The minimum atomic E-state index is 0.0193. The maximum absolute atomic E-state index is 12.1. The highest BCUT2D eigenvalue weighted by Gasteiger charge is 2.21. The second-order valence-corrected chi connectivity index (χ2v) is 5.09. The number of nitrogens with two attached hydrogens (primary N) is 1. The fourth-order valence-electron chi connectivity index (χ4n) is 2.52. The topological polar surface area (TPSA) is 59.2 Å². The van der Waals surface area contributed by atoms with Gasteiger partial charge in [0, 0.05) is 42.4 Å². The first kappa shape index (κ1) is 12.8. The van der Waals surface area contributed by atoms with E-state index in [9.17, 15) is 4.79 Å². The molecule has 1 atom stereocenters. The van der Waals surface area contributed by atoms with Gasteiger partial charge in [0.1, 0.15) is 0 Å². The quantitative estimate of drug-likeness (QED) is 0.844. The molecule has 20 heavy (non-hydrogen) atoms. The van der Waals surface area contributed by atoms with Crippen molar-refractivity contribution >= 4 is 22.9 Å². The molecule has 1 saturated heterocycles. The van der Waals surface area contributed by atoms with E-state index in [2.05, 4.69) is 4.98 Å². The molecule has 0 radical (unpaired) electrons. The summed E-state index contributed by atoms with van der Waals surface area (Å²) in [5.74, 6) is 0.0193. The predicted octanol–water partition coefficient (Wildman–Crippen LogP) is 1.81. The molecule has 1 aliphatic heterocycles. The van der Waals surface area contributed by atoms with E-state index < -0.39 is 0 Å². The fourth-order valence-corrected chi connectivity index (χ4v) is 2.52. The van der Waals surface area contributed by atoms with Crippen LogP contribution in [0.1, 0.15) is 12.0 Å². The lowest BCUT2D eigenvalue weighted by atomic mass is 10.1. The fraction of sp³-hybridized carbons (Fsp3) is 0.250. The molecule has 0 saturated carbocycles. The van der Waals surface area contributed by atoms with Crippen molar-refractivity contribution in [1.29, 1.82) is 0 Å². The van der Waals surface area contributed by atoms with Crippen LogP contribution >= 0.6 is 0 Å². The van der Waals surface area contributed by atoms with Gasteiger partial charge in [-0.15, -0.1) is 0 Å². The van der Waals surface area contributed by atoms with Gasteiger partial charge in [0.15, 0.2) is 0 Å². The van der Waals surface area contributed by atoms with Crippen LogP contribution in [0.4, 0.5) is 0 Å². The number of hydrogen-bond acceptors (Lipinski definition) is 3. The van der Waals surface area contributed by atoms with Gasteiger partial charge in [-0.3, -0.25) is 9.78 Å². The Bertz CT molecular complexity index is 660. The molecule has 102 valence electrons. The lowest BCUT2D eigenvalue weighted by molar-refractivity contribution is -0.124. The molecule has 0 aliphatic carbocycles. The third-order valence-electron chi connectivity index (χ3n) is 3.61. The van der Waals surface area contributed by atoms with E-state index in [1.54, 1.807) is 17.2 Å². The van der Waals surface area contributed by atoms with Gasteiger partial charge in [-0.25, -0.2) is 0 Å². The summed E-state index contributed by atoms with van der Waals surface area (Å²) in [5.41, 5.74) is 7.69. The van der Waals surface area contributed by atoms with Gasteiger partial charge in [0.05, 0.1) is 5.52 Å². The van der Waals surface area contributed by atoms with Crippen molar-refractivity contribution < 1.29 is 4.79 Å². The zero-order chi connectivity index (χ0) is 13.9. The van der Waals surface area contributed by atoms with Crippen molar-refractivity contribution in [3.05, 3.63) is 48.2 Å². The van der Waals surface area contributed by atoms with E-state index in [-0.39, 0.29) is 11.9 Å². The standard InChI is InChI=1S/C16H17N3O/c17-14-8-10-19(11-14)15(20)7-6-13-4-1-3-12-5-2-9-18-16(12)13/h1-7,9,14H,8,10-11,17H2/b7-6+. The molecule has 2 heterocycles. The lowest BCUT2D eigenvalue weighted by Crippen LogP contribution is -2.30. The molecule has 4 nitrogen and oxygen atoms in total. The number of pyridine rings is 1. The number of para-hydroxylation sites is 1. The molecule has 2 aromatic rings. The second kappa shape index (κ2) is 5.43. The minimum Gasteiger partial charge on any atom is -0.338 e. The van der Waals surface area contributed by atoms with E-state index in [0.717, 1.165) is 29.4 Å². The predicted molar refractivity (Wildman–Crippen MR) is 79.9 cm³/mol. The van der Waals surface area contributed by atoms with Crippen LogP contribution in [0, 0.1) is 0 Å². The summed E-state index contributed by atoms with van der Waals surface area (Å²) < 4.78 is 0. The van der Waals surface area contributed by atoms with E-state index >= 15 is 0 Å². The van der Waals surface area contributed by atoms with E-state index in [1.165, 1.54) is 0 Å². The summed E-state index contributed by atoms with van der Waals surface area (Å²) in [4.78, 5) is 18.2. The van der Waals surface area contributed by atoms with Crippen molar-refractivity contribution in [2.45, 2.75) is 12.5 Å². The number of likely N-dealkylation sites (tertiary alicyclic amines) is 1. The second-order valence-electron chi connectivity index (χ2n) is 5.09. The first-order chi connectivity index (χ1) is 9.74. The van der Waals surface area contributed by atoms with Crippen LogP contribution in [-0.2, 0) is 4.79 Å². The highest BCUT2D eigenvalue weighted by atomic mass is 16.2. The highest BCUT2D eigenvalue weighted by molar-refractivity contribution is 5.95. The highest BCUT2D eigenvalue weighted by Crippen LogP contribution is 2.17. The maximum atomic E-state index is 12.1. The molecule has 1 aliphatic rings. The number of fused-ring (bicyclic) bond motifs is 1. The first-order valence-corrected chi connectivity index (χ1v) is 6.80. The molecule has 1 aromatic carbocycles. The van der Waals surface area contributed by atoms with Crippen molar-refractivity contribution in [3.63, 3.8) is 0 Å². The normalized spacial score (nSPS) is 19.1. The Balaban J connectivity index is 1.82. The van der Waals surface area contributed by atoms with E-state index in [4.69, 9.17) is 5.73 Å². The molecule has 1 aromatic heterocycles. The monoisotopic (exact) mass is 267 g/mol. The molecule has 4 heteroatoms. The summed E-state index contributed by atoms with van der Waals surface area (Å²) in [6.07, 6.45) is 6.10. The van der Waals surface area contributed by atoms with Crippen LogP contribution in [0.2, 0.25) is 0 Å². The van der Waals surface area contributed by atoms with Crippen molar-refractivity contribution in [2.24, 2.45) is 5.73 Å². The van der Waals surface area contributed by atoms with Gasteiger partial charge in [0.25, 0.3) is 0 Å². The Morgan fingerprint density at radius 2 is 2.20 bits per heavy atom. The Hall–Kier alpha value is -2.20. The summed E-state index contributed by atoms with van der Waals surface area (Å²) in [5, 5.41) is 1.07. The van der Waals surface area contributed by atoms with Crippen LogP contribution in [0.25, 0.3) is 17.0 Å². The molecular formula is C16H17N3O. The number of benzene rings is 1. The van der Waals surface area contributed by atoms with Gasteiger partial charge in [-0.05, 0) is 18.6 Å². The summed E-state index contributed by atoms with van der Waals surface area (Å²) >= 11 is 0. The molecular weight excluding hydrogens is 250 g/mol. The van der Waals surface area contributed by atoms with Crippen molar-refractivity contribution in [1.82, 2.24) is 9.88 Å². The lowest BCUT2D eigenvalue weighted by Gasteiger charge is -2.12. The zero-order valence-corrected chi connectivity index (χ0v) is 11.2. The Morgan fingerprint density at radius 1 is 1.35 bits per heavy atom. The summed E-state index contributed by atoms with van der Waals surface area (Å²) in [6, 6.07) is 10.00. The maximum Gasteiger partial charge on any atom is 0.246 e. The molecule has 3 rings (SSSR count). The van der Waals surface area contributed by atoms with Crippen LogP contribution in [0.5, 0.6) is 0 Å². The molecule has 1 fully saturated rings. The van der Waals surface area contributed by atoms with E-state index in [1.807, 2.05) is 36.4 Å². The summed E-state index contributed by atoms with van der Waals surface area (Å²) in [7, 11) is 0. The van der Waals surface area contributed by atoms with Crippen LogP contribution in [-0.4, -0.2) is 34.9 Å². The Morgan fingerprint density at radius 3 is 3.00 bits per heavy atom. The Labute approximate surface area is 117 Å². The van der Waals surface area contributed by atoms with Gasteiger partial charge < -0.3 is 10.6 Å². The average Bonchev–Trinajstić information content (AvgIpc) is 2.91. The number of nitrogens with zero attached hydrogens (tertiary/aromatic N) is 2. The first-order valence-electron chi connectivity index (χ1n) is 6.80. The van der Waals surface area contributed by atoms with Gasteiger partial charge in [0.2, 0.25) is 5.91 Å². The minimum absolute atomic E-state index is 0.0193. The zero-order valence-electron chi connectivity index (χ0n) is 11.2. The SMILES string of the molecule is NC1CCN(C(=O)/C=C/c2cccc3cccnc23)C1. The van der Waals surface area contributed by atoms with Crippen molar-refractivity contribution in [3.8, 4) is 0 Å². The van der Waals surface area contributed by atoms with Crippen LogP contribution in [0.3, 0.4) is 0 Å². The Kier molecular flexibility index (Phi) is 3.48. The average molecular weight is 267 g/mol. The molecule has 1 amide bonds. The van der Waals surface area contributed by atoms with Crippen molar-refractivity contribution in [2.75, 3.05) is 13.1 Å². The molecule has 0 bridgehead atoms. The summed E-state index contributed by atoms with van der Waals surface area (Å²) in [6.45, 7) is 1.40. The van der Waals surface area contributed by atoms with Gasteiger partial charge in [-0.1, -0.05) is 24.3 Å². The molecule has 1 unspecified atom stereocenters. The van der Waals surface area contributed by atoms with E-state index in [0.29, 0.717) is 6.54 Å². The number of carbonyl (C=O) groups is 1. The molecule has 2 N–H and O–H groups in total. The third-order valence-corrected chi connectivity index (χ3v) is 3.61. The van der Waals surface area contributed by atoms with Gasteiger partial charge >= 0.3 is 0 Å². The van der Waals surface area contributed by atoms with Crippen LogP contribution < -0.4 is 5.73 Å². The van der Waals surface area contributed by atoms with Gasteiger partial charge in [-0.2, -0.15) is 0 Å². The number of hydrogen-bond donors (Lipinski definition) is 1.